The third kappa shape index (κ3) is 4.77. The number of ether oxygens (including phenoxy) is 1. The van der Waals surface area contributed by atoms with Crippen LogP contribution in [-0.4, -0.2) is 62.0 Å². The molecule has 1 aromatic carbocycles. The second kappa shape index (κ2) is 8.87. The standard InChI is InChI=1S/C17H22F2N4O4/c1-3-22(2)14(16(20)25)17(26)21-10-4-5-12(11(8-10)15(18)19)23-6-7-27-9-13(23)24/h4-5,8,14-15H,3,6-7,9H2,1-2H3,(H2,20,25)(H,21,26)/t14-/m1/s1. The van der Waals surface area contributed by atoms with E-state index in [1.807, 2.05) is 0 Å². The summed E-state index contributed by atoms with van der Waals surface area (Å²) >= 11 is 0. The monoisotopic (exact) mass is 384 g/mol. The molecular formula is C17H22F2N4O4. The number of primary amides is 1. The molecule has 10 heteroatoms. The summed E-state index contributed by atoms with van der Waals surface area (Å²) in [6, 6.07) is 2.59. The van der Waals surface area contributed by atoms with E-state index < -0.39 is 35.8 Å². The SMILES string of the molecule is CCN(C)[C@H](C(N)=O)C(=O)Nc1ccc(N2CCOCC2=O)c(C(F)F)c1. The fourth-order valence-corrected chi connectivity index (χ4v) is 2.77. The number of carbonyl (C=O) groups is 3. The van der Waals surface area contributed by atoms with Crippen molar-refractivity contribution in [3.63, 3.8) is 0 Å². The molecule has 1 heterocycles. The zero-order valence-corrected chi connectivity index (χ0v) is 15.1. The lowest BCUT2D eigenvalue weighted by Gasteiger charge is -2.29. The molecule has 3 N–H and O–H groups in total. The summed E-state index contributed by atoms with van der Waals surface area (Å²) in [5.41, 5.74) is 5.01. The molecule has 27 heavy (non-hydrogen) atoms. The highest BCUT2D eigenvalue weighted by atomic mass is 19.3. The van der Waals surface area contributed by atoms with Gasteiger partial charge >= 0.3 is 0 Å². The Hall–Kier alpha value is -2.59. The van der Waals surface area contributed by atoms with E-state index in [9.17, 15) is 23.2 Å². The molecule has 1 aliphatic heterocycles. The molecule has 0 unspecified atom stereocenters. The van der Waals surface area contributed by atoms with Crippen molar-refractivity contribution >= 4 is 29.1 Å². The van der Waals surface area contributed by atoms with E-state index in [0.29, 0.717) is 6.54 Å². The molecule has 1 fully saturated rings. The highest BCUT2D eigenvalue weighted by Crippen LogP contribution is 2.33. The maximum absolute atomic E-state index is 13.5. The number of likely N-dealkylation sites (N-methyl/N-ethyl adjacent to an activating group) is 1. The summed E-state index contributed by atoms with van der Waals surface area (Å²) in [7, 11) is 1.55. The first-order chi connectivity index (χ1) is 12.8. The molecule has 1 saturated heterocycles. The lowest BCUT2D eigenvalue weighted by molar-refractivity contribution is -0.131. The molecule has 0 spiro atoms. The number of hydrogen-bond acceptors (Lipinski definition) is 5. The Bertz CT molecular complexity index is 729. The number of halogens is 2. The lowest BCUT2D eigenvalue weighted by atomic mass is 10.1. The Labute approximate surface area is 155 Å². The van der Waals surface area contributed by atoms with E-state index in [1.54, 1.807) is 14.0 Å². The molecule has 0 radical (unpaired) electrons. The van der Waals surface area contributed by atoms with Gasteiger partial charge < -0.3 is 20.7 Å². The van der Waals surface area contributed by atoms with Gasteiger partial charge in [-0.1, -0.05) is 6.92 Å². The molecule has 2 rings (SSSR count). The van der Waals surface area contributed by atoms with E-state index in [-0.39, 0.29) is 31.1 Å². The molecule has 1 aliphatic rings. The van der Waals surface area contributed by atoms with E-state index in [4.69, 9.17) is 10.5 Å². The van der Waals surface area contributed by atoms with Crippen molar-refractivity contribution in [1.82, 2.24) is 4.90 Å². The number of nitrogens with zero attached hydrogens (tertiary/aromatic N) is 2. The van der Waals surface area contributed by atoms with Gasteiger partial charge in [0.05, 0.1) is 12.3 Å². The van der Waals surface area contributed by atoms with E-state index in [2.05, 4.69) is 5.32 Å². The first kappa shape index (κ1) is 20.7. The minimum Gasteiger partial charge on any atom is -0.370 e. The number of benzene rings is 1. The minimum absolute atomic E-state index is 0.0634. The van der Waals surface area contributed by atoms with Crippen LogP contribution in [0.2, 0.25) is 0 Å². The van der Waals surface area contributed by atoms with Crippen LogP contribution < -0.4 is 16.0 Å². The maximum atomic E-state index is 13.5. The second-order valence-corrected chi connectivity index (χ2v) is 6.04. The fourth-order valence-electron chi connectivity index (χ4n) is 2.77. The van der Waals surface area contributed by atoms with Crippen LogP contribution in [0, 0.1) is 0 Å². The minimum atomic E-state index is -2.86. The zero-order valence-electron chi connectivity index (χ0n) is 15.1. The number of rotatable bonds is 7. The molecule has 0 bridgehead atoms. The molecular weight excluding hydrogens is 362 g/mol. The van der Waals surface area contributed by atoms with Crippen molar-refractivity contribution in [2.24, 2.45) is 5.73 Å². The van der Waals surface area contributed by atoms with Crippen molar-refractivity contribution in [3.05, 3.63) is 23.8 Å². The zero-order chi connectivity index (χ0) is 20.1. The molecule has 3 amide bonds. The number of morpholine rings is 1. The normalized spacial score (nSPS) is 15.9. The molecule has 1 atom stereocenters. The highest BCUT2D eigenvalue weighted by Gasteiger charge is 2.29. The summed E-state index contributed by atoms with van der Waals surface area (Å²) in [6.07, 6.45) is -2.86. The summed E-state index contributed by atoms with van der Waals surface area (Å²) in [6.45, 7) is 2.37. The van der Waals surface area contributed by atoms with Gasteiger partial charge in [0.2, 0.25) is 5.91 Å². The molecule has 0 aliphatic carbocycles. The van der Waals surface area contributed by atoms with E-state index in [0.717, 1.165) is 6.07 Å². The molecule has 0 saturated carbocycles. The van der Waals surface area contributed by atoms with Gasteiger partial charge in [-0.25, -0.2) is 8.78 Å². The number of carbonyl (C=O) groups excluding carboxylic acids is 3. The van der Waals surface area contributed by atoms with Gasteiger partial charge in [0, 0.05) is 17.8 Å². The van der Waals surface area contributed by atoms with Gasteiger partial charge in [-0.3, -0.25) is 19.3 Å². The van der Waals surface area contributed by atoms with Crippen LogP contribution in [0.4, 0.5) is 20.2 Å². The van der Waals surface area contributed by atoms with Crippen molar-refractivity contribution < 1.29 is 27.9 Å². The van der Waals surface area contributed by atoms with E-state index >= 15 is 0 Å². The molecule has 0 aromatic heterocycles. The Balaban J connectivity index is 2.28. The molecule has 148 valence electrons. The summed E-state index contributed by atoms with van der Waals surface area (Å²) < 4.78 is 32.1. The van der Waals surface area contributed by atoms with Crippen molar-refractivity contribution in [3.8, 4) is 0 Å². The van der Waals surface area contributed by atoms with Crippen LogP contribution in [0.15, 0.2) is 18.2 Å². The second-order valence-electron chi connectivity index (χ2n) is 6.04. The summed E-state index contributed by atoms with van der Waals surface area (Å²) in [5.74, 6) is -1.98. The lowest BCUT2D eigenvalue weighted by Crippen LogP contribution is -2.50. The average Bonchev–Trinajstić information content (AvgIpc) is 2.61. The Kier molecular flexibility index (Phi) is 6.81. The summed E-state index contributed by atoms with van der Waals surface area (Å²) in [5, 5.41) is 2.43. The van der Waals surface area contributed by atoms with Crippen LogP contribution in [0.3, 0.4) is 0 Å². The first-order valence-corrected chi connectivity index (χ1v) is 8.36. The number of hydrogen-bond donors (Lipinski definition) is 2. The van der Waals surface area contributed by atoms with Crippen molar-refractivity contribution in [2.75, 3.05) is 43.6 Å². The van der Waals surface area contributed by atoms with Crippen LogP contribution >= 0.6 is 0 Å². The van der Waals surface area contributed by atoms with Crippen LogP contribution in [0.5, 0.6) is 0 Å². The van der Waals surface area contributed by atoms with Gasteiger partial charge in [-0.05, 0) is 31.8 Å². The number of alkyl halides is 2. The number of amides is 3. The first-order valence-electron chi connectivity index (χ1n) is 8.36. The summed E-state index contributed by atoms with van der Waals surface area (Å²) in [4.78, 5) is 38.5. The average molecular weight is 384 g/mol. The van der Waals surface area contributed by atoms with Crippen molar-refractivity contribution in [1.29, 1.82) is 0 Å². The molecule has 1 aromatic rings. The van der Waals surface area contributed by atoms with Gasteiger partial charge in [-0.2, -0.15) is 0 Å². The quantitative estimate of drug-likeness (QED) is 0.675. The topological polar surface area (TPSA) is 105 Å². The third-order valence-corrected chi connectivity index (χ3v) is 4.26. The van der Waals surface area contributed by atoms with Gasteiger partial charge in [-0.15, -0.1) is 0 Å². The van der Waals surface area contributed by atoms with Gasteiger partial charge in [0.25, 0.3) is 18.2 Å². The van der Waals surface area contributed by atoms with Crippen LogP contribution in [-0.2, 0) is 19.1 Å². The number of nitrogens with one attached hydrogen (secondary N) is 1. The molecule has 8 nitrogen and oxygen atoms in total. The number of anilines is 2. The van der Waals surface area contributed by atoms with Crippen molar-refractivity contribution in [2.45, 2.75) is 19.4 Å². The van der Waals surface area contributed by atoms with Gasteiger partial charge in [0.1, 0.15) is 6.61 Å². The van der Waals surface area contributed by atoms with E-state index in [1.165, 1.54) is 21.9 Å². The Morgan fingerprint density at radius 2 is 2.11 bits per heavy atom. The highest BCUT2D eigenvalue weighted by molar-refractivity contribution is 6.09. The van der Waals surface area contributed by atoms with Crippen LogP contribution in [0.1, 0.15) is 18.9 Å². The van der Waals surface area contributed by atoms with Crippen LogP contribution in [0.25, 0.3) is 0 Å². The Morgan fingerprint density at radius 1 is 1.41 bits per heavy atom. The predicted molar refractivity (Wildman–Crippen MR) is 94.5 cm³/mol. The smallest absolute Gasteiger partial charge is 0.265 e. The maximum Gasteiger partial charge on any atom is 0.265 e. The van der Waals surface area contributed by atoms with Gasteiger partial charge in [0.15, 0.2) is 6.04 Å². The number of nitrogens with two attached hydrogens (primary N) is 1. The fraction of sp³-hybridized carbons (Fsp3) is 0.471. The predicted octanol–water partition coefficient (Wildman–Crippen LogP) is 0.731. The largest absolute Gasteiger partial charge is 0.370 e. The third-order valence-electron chi connectivity index (χ3n) is 4.26. The Morgan fingerprint density at radius 3 is 2.67 bits per heavy atom.